The average Bonchev–Trinajstić information content (AvgIpc) is 2.18. The van der Waals surface area contributed by atoms with E-state index >= 15 is 0 Å². The Morgan fingerprint density at radius 1 is 1.07 bits per heavy atom. The molecular weight excluding hydrogens is 196 g/mol. The average molecular weight is 213 g/mol. The molecule has 0 aromatic heterocycles. The molecule has 0 unspecified atom stereocenters. The van der Waals surface area contributed by atoms with E-state index in [1.54, 1.807) is 6.08 Å². The molecule has 14 heavy (non-hydrogen) atoms. The van der Waals surface area contributed by atoms with Crippen molar-refractivity contribution in [3.63, 3.8) is 0 Å². The molecule has 1 aliphatic carbocycles. The van der Waals surface area contributed by atoms with Crippen LogP contribution in [0.5, 0.6) is 0 Å². The smallest absolute Gasteiger partial charge is 0.174 e. The van der Waals surface area contributed by atoms with Crippen molar-refractivity contribution >= 4 is 17.4 Å². The second-order valence-electron chi connectivity index (χ2n) is 3.67. The van der Waals surface area contributed by atoms with Crippen LogP contribution in [0.2, 0.25) is 0 Å². The first kappa shape index (κ1) is 11.5. The van der Waals surface area contributed by atoms with Crippen LogP contribution >= 0.6 is 11.6 Å². The molecule has 0 N–H and O–H groups in total. The van der Waals surface area contributed by atoms with Crippen molar-refractivity contribution < 1.29 is 4.79 Å². The van der Waals surface area contributed by atoms with E-state index in [9.17, 15) is 4.79 Å². The van der Waals surface area contributed by atoms with Crippen LogP contribution in [0.15, 0.2) is 23.3 Å². The van der Waals surface area contributed by atoms with Crippen LogP contribution in [0.4, 0.5) is 0 Å². The highest BCUT2D eigenvalue weighted by atomic mass is 35.5. The Bertz CT molecular complexity index is 241. The third-order valence-corrected chi connectivity index (χ3v) is 2.76. The van der Waals surface area contributed by atoms with Crippen molar-refractivity contribution in [1.82, 2.24) is 0 Å². The molecule has 1 nitrogen and oxygen atoms in total. The van der Waals surface area contributed by atoms with Crippen LogP contribution in [-0.4, -0.2) is 5.78 Å². The summed E-state index contributed by atoms with van der Waals surface area (Å²) in [5.74, 6) is 0.0805. The molecule has 0 heterocycles. The lowest BCUT2D eigenvalue weighted by Crippen LogP contribution is -1.97. The van der Waals surface area contributed by atoms with Gasteiger partial charge in [0.2, 0.25) is 0 Å². The molecule has 0 amide bonds. The van der Waals surface area contributed by atoms with Crippen molar-refractivity contribution in [2.45, 2.75) is 44.9 Å². The maximum atomic E-state index is 11.4. The van der Waals surface area contributed by atoms with E-state index in [-0.39, 0.29) is 5.78 Å². The van der Waals surface area contributed by atoms with Crippen LogP contribution in [0.3, 0.4) is 0 Å². The molecule has 0 atom stereocenters. The van der Waals surface area contributed by atoms with E-state index in [1.807, 2.05) is 6.08 Å². The first-order chi connectivity index (χ1) is 6.80. The first-order valence-corrected chi connectivity index (χ1v) is 5.74. The first-order valence-electron chi connectivity index (χ1n) is 5.36. The Morgan fingerprint density at radius 2 is 1.79 bits per heavy atom. The summed E-state index contributed by atoms with van der Waals surface area (Å²) in [5.41, 5.74) is 0. The zero-order valence-corrected chi connectivity index (χ0v) is 9.22. The third kappa shape index (κ3) is 4.61. The fourth-order valence-electron chi connectivity index (χ4n) is 1.54. The molecule has 0 aromatic rings. The molecule has 1 aliphatic rings. The van der Waals surface area contributed by atoms with Crippen molar-refractivity contribution in [3.8, 4) is 0 Å². The number of allylic oxidation sites excluding steroid dienone is 4. The highest BCUT2D eigenvalue weighted by Crippen LogP contribution is 2.13. The minimum atomic E-state index is 0.0805. The Hall–Kier alpha value is -0.560. The van der Waals surface area contributed by atoms with E-state index in [2.05, 4.69) is 6.08 Å². The lowest BCUT2D eigenvalue weighted by Gasteiger charge is -2.01. The van der Waals surface area contributed by atoms with Gasteiger partial charge in [0, 0.05) is 6.42 Å². The fraction of sp³-hybridized carbons (Fsp3) is 0.583. The van der Waals surface area contributed by atoms with Gasteiger partial charge in [-0.2, -0.15) is 0 Å². The van der Waals surface area contributed by atoms with Crippen LogP contribution in [0, 0.1) is 0 Å². The predicted octanol–water partition coefficient (Wildman–Crippen LogP) is 3.98. The number of carbonyl (C=O) groups excluding carboxylic acids is 1. The molecule has 0 aliphatic heterocycles. The van der Waals surface area contributed by atoms with Crippen molar-refractivity contribution in [2.75, 3.05) is 0 Å². The summed E-state index contributed by atoms with van der Waals surface area (Å²) in [6, 6.07) is 0. The molecule has 0 radical (unpaired) electrons. The van der Waals surface area contributed by atoms with Gasteiger partial charge >= 0.3 is 0 Å². The number of Topliss-reactive ketones (excluding diaryl/α,β-unsaturated/α-hetero) is 1. The molecule has 0 aromatic carbocycles. The molecule has 78 valence electrons. The summed E-state index contributed by atoms with van der Waals surface area (Å²) in [7, 11) is 0. The Kier molecular flexibility index (Phi) is 5.62. The van der Waals surface area contributed by atoms with Gasteiger partial charge in [0.05, 0.1) is 5.03 Å². The van der Waals surface area contributed by atoms with Gasteiger partial charge in [-0.1, -0.05) is 43.0 Å². The van der Waals surface area contributed by atoms with Crippen molar-refractivity contribution in [1.29, 1.82) is 0 Å². The van der Waals surface area contributed by atoms with Gasteiger partial charge in [-0.05, 0) is 25.3 Å². The number of hydrogen-bond donors (Lipinski definition) is 0. The SMILES string of the molecule is O=C1CCCCCCCC=CC=C1Cl. The lowest BCUT2D eigenvalue weighted by molar-refractivity contribution is -0.115. The summed E-state index contributed by atoms with van der Waals surface area (Å²) in [5, 5.41) is 0.377. The van der Waals surface area contributed by atoms with E-state index in [0.717, 1.165) is 19.3 Å². The molecule has 0 saturated heterocycles. The molecule has 2 heteroatoms. The zero-order chi connectivity index (χ0) is 10.2. The highest BCUT2D eigenvalue weighted by Gasteiger charge is 2.05. The predicted molar refractivity (Wildman–Crippen MR) is 60.4 cm³/mol. The summed E-state index contributed by atoms with van der Waals surface area (Å²) in [4.78, 5) is 11.4. The van der Waals surface area contributed by atoms with Crippen molar-refractivity contribution in [3.05, 3.63) is 23.3 Å². The quantitative estimate of drug-likeness (QED) is 0.594. The Labute approximate surface area is 90.8 Å². The Balaban J connectivity index is 2.52. The van der Waals surface area contributed by atoms with Crippen molar-refractivity contribution in [2.24, 2.45) is 0 Å². The minimum absolute atomic E-state index is 0.0805. The molecule has 0 fully saturated rings. The van der Waals surface area contributed by atoms with Crippen LogP contribution in [0.1, 0.15) is 44.9 Å². The van der Waals surface area contributed by atoms with Gasteiger partial charge in [-0.3, -0.25) is 4.79 Å². The largest absolute Gasteiger partial charge is 0.293 e. The second kappa shape index (κ2) is 6.83. The molecule has 0 saturated carbocycles. The molecule has 1 rings (SSSR count). The van der Waals surface area contributed by atoms with Gasteiger partial charge in [0.25, 0.3) is 0 Å². The number of ketones is 1. The number of hydrogen-bond acceptors (Lipinski definition) is 1. The van der Waals surface area contributed by atoms with E-state index in [0.29, 0.717) is 11.5 Å². The van der Waals surface area contributed by atoms with Gasteiger partial charge in [0.15, 0.2) is 5.78 Å². The lowest BCUT2D eigenvalue weighted by atomic mass is 10.1. The van der Waals surface area contributed by atoms with Gasteiger partial charge in [-0.25, -0.2) is 0 Å². The van der Waals surface area contributed by atoms with Crippen LogP contribution in [-0.2, 0) is 4.79 Å². The molecule has 0 bridgehead atoms. The molecular formula is C12H17ClO. The van der Waals surface area contributed by atoms with E-state index in [4.69, 9.17) is 11.6 Å². The monoisotopic (exact) mass is 212 g/mol. The molecule has 0 spiro atoms. The normalized spacial score (nSPS) is 20.9. The standard InChI is InChI=1S/C12H17ClO/c13-11-9-7-5-3-1-2-4-6-8-10-12(11)14/h5,7,9H,1-4,6,8,10H2. The number of rotatable bonds is 0. The maximum absolute atomic E-state index is 11.4. The minimum Gasteiger partial charge on any atom is -0.293 e. The summed E-state index contributed by atoms with van der Waals surface area (Å²) >= 11 is 5.82. The fourth-order valence-corrected chi connectivity index (χ4v) is 1.71. The maximum Gasteiger partial charge on any atom is 0.174 e. The summed E-state index contributed by atoms with van der Waals surface area (Å²) in [6.07, 6.45) is 13.3. The van der Waals surface area contributed by atoms with Gasteiger partial charge in [0.1, 0.15) is 0 Å². The van der Waals surface area contributed by atoms with E-state index in [1.165, 1.54) is 19.3 Å². The number of halogens is 1. The summed E-state index contributed by atoms with van der Waals surface area (Å²) in [6.45, 7) is 0. The third-order valence-electron chi connectivity index (χ3n) is 2.42. The Morgan fingerprint density at radius 3 is 2.64 bits per heavy atom. The zero-order valence-electron chi connectivity index (χ0n) is 8.47. The van der Waals surface area contributed by atoms with Crippen LogP contribution < -0.4 is 0 Å². The summed E-state index contributed by atoms with van der Waals surface area (Å²) < 4.78 is 0. The van der Waals surface area contributed by atoms with Crippen LogP contribution in [0.25, 0.3) is 0 Å². The van der Waals surface area contributed by atoms with Gasteiger partial charge < -0.3 is 0 Å². The van der Waals surface area contributed by atoms with Gasteiger partial charge in [-0.15, -0.1) is 0 Å². The highest BCUT2D eigenvalue weighted by molar-refractivity contribution is 6.42. The topological polar surface area (TPSA) is 17.1 Å². The second-order valence-corrected chi connectivity index (χ2v) is 4.08. The van der Waals surface area contributed by atoms with E-state index < -0.39 is 0 Å². The number of carbonyl (C=O) groups is 1.